The number of allylic oxidation sites excluding steroid dienone is 1. The predicted molar refractivity (Wildman–Crippen MR) is 14.4 cm³/mol. The Kier molecular flexibility index (Phi) is 2.40. The van der Waals surface area contributed by atoms with Crippen LogP contribution in [0.1, 0.15) is 0 Å². The van der Waals surface area contributed by atoms with Crippen molar-refractivity contribution in [2.45, 2.75) is 0 Å². The van der Waals surface area contributed by atoms with E-state index in [9.17, 15) is 17.6 Å². The molecule has 0 bridgehead atoms. The second-order valence-corrected chi connectivity index (χ2v) is 0.669. The van der Waals surface area contributed by atoms with Crippen molar-refractivity contribution in [2.24, 2.45) is 0 Å². The first-order chi connectivity index (χ1) is 3.18. The fraction of sp³-hybridized carbons (Fsp3) is 0. The van der Waals surface area contributed by atoms with Crippen molar-refractivity contribution in [2.75, 3.05) is 0 Å². The van der Waals surface area contributed by atoms with Crippen molar-refractivity contribution in [3.8, 4) is 0 Å². The highest BCUT2D eigenvalue weighted by Crippen LogP contribution is 2.16. The number of hydrogen-bond acceptors (Lipinski definition) is 0. The van der Waals surface area contributed by atoms with Gasteiger partial charge < -0.3 is 0 Å². The van der Waals surface area contributed by atoms with Crippen LogP contribution < -0.4 is 0 Å². The Morgan fingerprint density at radius 1 is 1.14 bits per heavy atom. The Morgan fingerprint density at radius 3 is 1.57 bits per heavy atom. The zero-order valence-corrected chi connectivity index (χ0v) is 3.01. The van der Waals surface area contributed by atoms with Crippen molar-refractivity contribution in [3.63, 3.8) is 0 Å². The summed E-state index contributed by atoms with van der Waals surface area (Å²) >= 11 is 0. The van der Waals surface area contributed by atoms with Crippen LogP contribution in [0.3, 0.4) is 0 Å². The summed E-state index contributed by atoms with van der Waals surface area (Å²) in [5, 5.41) is 0. The highest BCUT2D eigenvalue weighted by molar-refractivity contribution is 4.96. The van der Waals surface area contributed by atoms with Gasteiger partial charge in [-0.15, -0.1) is 0 Å². The molecule has 4 heteroatoms. The maximum Gasteiger partial charge on any atom is 0.370 e. The first-order valence-electron chi connectivity index (χ1n) is 1.26. The molecule has 40 valence electrons. The minimum atomic E-state index is -2.69. The lowest BCUT2D eigenvalue weighted by Crippen LogP contribution is -1.76. The van der Waals surface area contributed by atoms with Gasteiger partial charge in [0.25, 0.3) is 0 Å². The smallest absolute Gasteiger partial charge is 0.201 e. The molecule has 0 atom stereocenters. The van der Waals surface area contributed by atoms with Crippen LogP contribution in [0.5, 0.6) is 0 Å². The van der Waals surface area contributed by atoms with Gasteiger partial charge in [-0.2, -0.15) is 8.78 Å². The Bertz CT molecular complexity index is 75.0. The molecule has 0 saturated carbocycles. The van der Waals surface area contributed by atoms with Crippen LogP contribution in [0.25, 0.3) is 0 Å². The molecule has 0 aliphatic rings. The molecule has 2 radical (unpaired) electrons. The molecule has 0 aromatic carbocycles. The summed E-state index contributed by atoms with van der Waals surface area (Å²) in [5.41, 5.74) is 0. The summed E-state index contributed by atoms with van der Waals surface area (Å²) in [5.74, 6) is -2.24. The normalized spacial score (nSPS) is 13.0. The quantitative estimate of drug-likeness (QED) is 0.455. The van der Waals surface area contributed by atoms with Gasteiger partial charge in [-0.25, -0.2) is 8.78 Å². The van der Waals surface area contributed by atoms with E-state index in [1.54, 1.807) is 0 Å². The molecule has 7 heavy (non-hydrogen) atoms. The average molecular weight is 112 g/mol. The molecule has 0 nitrogen and oxygen atoms in total. The zero-order chi connectivity index (χ0) is 5.86. The molecule has 0 spiro atoms. The minimum absolute atomic E-state index is 0.127. The number of rotatable bonds is 1. The summed E-state index contributed by atoms with van der Waals surface area (Å²) in [6.07, 6.45) is -2.56. The van der Waals surface area contributed by atoms with Gasteiger partial charge in [0, 0.05) is 0 Å². The van der Waals surface area contributed by atoms with Crippen molar-refractivity contribution in [1.82, 2.24) is 0 Å². The summed E-state index contributed by atoms with van der Waals surface area (Å²) in [6, 6.07) is 0. The molecule has 0 saturated heterocycles. The van der Waals surface area contributed by atoms with E-state index in [4.69, 9.17) is 0 Å². The summed E-state index contributed by atoms with van der Waals surface area (Å²) < 4.78 is 42.6. The Labute approximate surface area is 37.4 Å². The van der Waals surface area contributed by atoms with Crippen molar-refractivity contribution in [1.29, 1.82) is 0 Å². The molecule has 0 amide bonds. The molecule has 0 N–H and O–H groups in total. The monoisotopic (exact) mass is 112 g/mol. The molecule has 0 aromatic rings. The topological polar surface area (TPSA) is 0 Å². The van der Waals surface area contributed by atoms with E-state index in [-0.39, 0.29) is 6.33 Å². The first-order valence-corrected chi connectivity index (χ1v) is 1.26. The summed E-state index contributed by atoms with van der Waals surface area (Å²) in [6.45, 7) is 0. The van der Waals surface area contributed by atoms with E-state index in [1.165, 1.54) is 0 Å². The number of halogens is 4. The van der Waals surface area contributed by atoms with Gasteiger partial charge in [0.15, 0.2) is 6.33 Å². The van der Waals surface area contributed by atoms with Crippen LogP contribution in [0, 0.1) is 12.8 Å². The maximum absolute atomic E-state index is 10.9. The third kappa shape index (κ3) is 2.19. The molecule has 0 aliphatic heterocycles. The van der Waals surface area contributed by atoms with E-state index in [1.807, 2.05) is 0 Å². The van der Waals surface area contributed by atoms with Crippen LogP contribution in [-0.4, -0.2) is 0 Å². The van der Waals surface area contributed by atoms with Crippen molar-refractivity contribution >= 4 is 0 Å². The summed E-state index contributed by atoms with van der Waals surface area (Å²) in [7, 11) is 0. The SMILES string of the molecule is F/[C]=C(\F)[C](F)F. The Morgan fingerprint density at radius 2 is 1.57 bits per heavy atom. The lowest BCUT2D eigenvalue weighted by molar-refractivity contribution is 0.275. The van der Waals surface area contributed by atoms with E-state index in [2.05, 4.69) is 0 Å². The molecule has 0 fully saturated rings. The summed E-state index contributed by atoms with van der Waals surface area (Å²) in [4.78, 5) is 0. The van der Waals surface area contributed by atoms with Crippen LogP contribution in [-0.2, 0) is 0 Å². The Balaban J connectivity index is 3.56. The third-order valence-corrected chi connectivity index (χ3v) is 0.249. The molecule has 0 heterocycles. The van der Waals surface area contributed by atoms with Gasteiger partial charge in [-0.05, 0) is 0 Å². The first kappa shape index (κ1) is 6.46. The van der Waals surface area contributed by atoms with Gasteiger partial charge in [-0.1, -0.05) is 0 Å². The van der Waals surface area contributed by atoms with Gasteiger partial charge in [0.1, 0.15) is 0 Å². The number of hydrogen-bond donors (Lipinski definition) is 0. The van der Waals surface area contributed by atoms with Crippen LogP contribution in [0.2, 0.25) is 0 Å². The van der Waals surface area contributed by atoms with Gasteiger partial charge >= 0.3 is 6.43 Å². The van der Waals surface area contributed by atoms with Crippen molar-refractivity contribution < 1.29 is 17.6 Å². The highest BCUT2D eigenvalue weighted by Gasteiger charge is 2.12. The molecule has 0 aromatic heterocycles. The molecule has 0 rings (SSSR count). The van der Waals surface area contributed by atoms with Crippen molar-refractivity contribution in [3.05, 3.63) is 18.6 Å². The van der Waals surface area contributed by atoms with E-state index in [0.29, 0.717) is 0 Å². The zero-order valence-electron chi connectivity index (χ0n) is 3.01. The van der Waals surface area contributed by atoms with Crippen LogP contribution in [0.4, 0.5) is 17.6 Å². The molecular weight excluding hydrogens is 112 g/mol. The van der Waals surface area contributed by atoms with E-state index < -0.39 is 12.3 Å². The molecular formula is C3F4. The predicted octanol–water partition coefficient (Wildman–Crippen LogP) is 2.00. The standard InChI is InChI=1S/C3F4/c4-1-2(5)3(6)7. The van der Waals surface area contributed by atoms with Gasteiger partial charge in [-0.3, -0.25) is 0 Å². The molecule has 0 unspecified atom stereocenters. The highest BCUT2D eigenvalue weighted by atomic mass is 19.3. The third-order valence-electron chi connectivity index (χ3n) is 0.249. The largest absolute Gasteiger partial charge is 0.370 e. The van der Waals surface area contributed by atoms with Gasteiger partial charge in [0.2, 0.25) is 5.83 Å². The van der Waals surface area contributed by atoms with Crippen LogP contribution >= 0.6 is 0 Å². The second kappa shape index (κ2) is 2.60. The maximum atomic E-state index is 10.9. The molecule has 0 aliphatic carbocycles. The van der Waals surface area contributed by atoms with E-state index in [0.717, 1.165) is 0 Å². The second-order valence-electron chi connectivity index (χ2n) is 0.669. The minimum Gasteiger partial charge on any atom is -0.201 e. The fourth-order valence-corrected chi connectivity index (χ4v) is 0.0357. The van der Waals surface area contributed by atoms with Crippen LogP contribution in [0.15, 0.2) is 5.83 Å². The lowest BCUT2D eigenvalue weighted by atomic mass is 10.6. The van der Waals surface area contributed by atoms with E-state index >= 15 is 0 Å². The Hall–Kier alpha value is -0.540. The lowest BCUT2D eigenvalue weighted by Gasteiger charge is -1.81. The fourth-order valence-electron chi connectivity index (χ4n) is 0.0357. The van der Waals surface area contributed by atoms with Gasteiger partial charge in [0.05, 0.1) is 0 Å². The average Bonchev–Trinajstić information content (AvgIpc) is 1.65.